The second kappa shape index (κ2) is 23.8. The molecule has 60 heavy (non-hydrogen) atoms. The van der Waals surface area contributed by atoms with E-state index in [1.807, 2.05) is 42.5 Å². The van der Waals surface area contributed by atoms with E-state index in [1.165, 1.54) is 0 Å². The second-order valence-corrected chi connectivity index (χ2v) is 13.2. The molecule has 2 aliphatic rings. The minimum atomic E-state index is -1.02. The highest BCUT2D eigenvalue weighted by Gasteiger charge is 2.45. The van der Waals surface area contributed by atoms with Gasteiger partial charge in [0, 0.05) is 18.7 Å². The molecule has 1 saturated heterocycles. The first kappa shape index (κ1) is 45.4. The third-order valence-corrected chi connectivity index (χ3v) is 9.35. The lowest BCUT2D eigenvalue weighted by Crippen LogP contribution is -2.54. The van der Waals surface area contributed by atoms with E-state index < -0.39 is 29.7 Å². The lowest BCUT2D eigenvalue weighted by Gasteiger charge is -2.27. The van der Waals surface area contributed by atoms with Gasteiger partial charge in [-0.1, -0.05) is 24.3 Å². The van der Waals surface area contributed by atoms with Crippen LogP contribution in [0.15, 0.2) is 48.5 Å². The number of nitrogens with one attached hydrogen (secondary N) is 2. The first-order valence-electron chi connectivity index (χ1n) is 19.6. The van der Waals surface area contributed by atoms with E-state index in [0.29, 0.717) is 114 Å². The van der Waals surface area contributed by atoms with E-state index in [4.69, 9.17) is 47.4 Å². The predicted molar refractivity (Wildman–Crippen MR) is 219 cm³/mol. The molecule has 0 bridgehead atoms. The topological polar surface area (TPSA) is 188 Å². The van der Waals surface area contributed by atoms with Crippen molar-refractivity contribution in [3.05, 3.63) is 70.8 Å². The zero-order valence-corrected chi connectivity index (χ0v) is 34.4. The van der Waals surface area contributed by atoms with E-state index >= 15 is 0 Å². The Morgan fingerprint density at radius 3 is 1.78 bits per heavy atom. The van der Waals surface area contributed by atoms with Crippen molar-refractivity contribution in [1.82, 2.24) is 10.2 Å². The van der Waals surface area contributed by atoms with Crippen LogP contribution in [-0.2, 0) is 33.3 Å². The molecule has 17 nitrogen and oxygen atoms in total. The SMILES string of the molecule is COc1ccc(/C=C\c2cc(OC)c(OC)c(OC)c2)cc1OCCOCCOCCOCCOCCOCCNc1cccc2c1C(=O)N(C1CCC(=O)NC1=O)C2=O. The zero-order valence-electron chi connectivity index (χ0n) is 34.4. The molecule has 0 spiro atoms. The van der Waals surface area contributed by atoms with Crippen LogP contribution < -0.4 is 34.3 Å². The minimum absolute atomic E-state index is 0.0607. The molecule has 0 aliphatic carbocycles. The highest BCUT2D eigenvalue weighted by molar-refractivity contribution is 6.25. The highest BCUT2D eigenvalue weighted by atomic mass is 16.6. The maximum absolute atomic E-state index is 13.2. The van der Waals surface area contributed by atoms with Gasteiger partial charge in [0.1, 0.15) is 12.6 Å². The lowest BCUT2D eigenvalue weighted by molar-refractivity contribution is -0.136. The molecule has 2 heterocycles. The molecule has 4 amide bonds. The smallest absolute Gasteiger partial charge is 0.264 e. The number of amides is 4. The number of hydrogen-bond acceptors (Lipinski definition) is 15. The number of carbonyl (C=O) groups is 4. The summed E-state index contributed by atoms with van der Waals surface area (Å²) < 4.78 is 55.7. The zero-order chi connectivity index (χ0) is 42.7. The standard InChI is InChI=1S/C43H53N3O14/c1-51-34-12-10-29(8-9-30-27-36(52-2)40(54-4)37(28-30)53-3)26-35(34)60-25-24-59-23-22-58-21-20-57-19-18-56-17-16-55-15-14-44-32-7-5-6-31-39(32)43(50)46(42(31)49)33-11-13-38(47)45-41(33)48/h5-10,12,26-28,33,44H,11,13-25H2,1-4H3,(H,45,47,48)/b9-8-. The van der Waals surface area contributed by atoms with E-state index in [2.05, 4.69) is 10.6 Å². The van der Waals surface area contributed by atoms with Gasteiger partial charge in [0.15, 0.2) is 23.0 Å². The molecule has 0 aromatic heterocycles. The van der Waals surface area contributed by atoms with Crippen LogP contribution in [0.5, 0.6) is 28.7 Å². The number of ether oxygens (including phenoxy) is 10. The first-order valence-corrected chi connectivity index (χ1v) is 19.6. The van der Waals surface area contributed by atoms with Crippen molar-refractivity contribution in [3.63, 3.8) is 0 Å². The van der Waals surface area contributed by atoms with Crippen LogP contribution in [0.1, 0.15) is 44.7 Å². The van der Waals surface area contributed by atoms with Crippen molar-refractivity contribution < 1.29 is 66.5 Å². The van der Waals surface area contributed by atoms with Crippen molar-refractivity contribution in [2.45, 2.75) is 18.9 Å². The van der Waals surface area contributed by atoms with Crippen LogP contribution in [0, 0.1) is 0 Å². The molecular weight excluding hydrogens is 782 g/mol. The number of rotatable bonds is 27. The Hall–Kier alpha value is -5.72. The van der Waals surface area contributed by atoms with Crippen LogP contribution >= 0.6 is 0 Å². The van der Waals surface area contributed by atoms with Crippen LogP contribution in [0.25, 0.3) is 12.2 Å². The maximum atomic E-state index is 13.2. The summed E-state index contributed by atoms with van der Waals surface area (Å²) in [6.45, 7) is 4.62. The van der Waals surface area contributed by atoms with Gasteiger partial charge in [-0.05, 0) is 53.9 Å². The molecule has 2 aliphatic heterocycles. The second-order valence-electron chi connectivity index (χ2n) is 13.2. The Kier molecular flexibility index (Phi) is 18.0. The number of piperidine rings is 1. The van der Waals surface area contributed by atoms with Gasteiger partial charge in [-0.3, -0.25) is 29.4 Å². The summed E-state index contributed by atoms with van der Waals surface area (Å²) in [5, 5.41) is 5.34. The van der Waals surface area contributed by atoms with E-state index in [-0.39, 0.29) is 24.0 Å². The van der Waals surface area contributed by atoms with Crippen LogP contribution in [-0.4, -0.2) is 142 Å². The van der Waals surface area contributed by atoms with Crippen molar-refractivity contribution in [1.29, 1.82) is 0 Å². The molecule has 1 atom stereocenters. The van der Waals surface area contributed by atoms with Gasteiger partial charge in [-0.2, -0.15) is 0 Å². The van der Waals surface area contributed by atoms with Gasteiger partial charge in [0.25, 0.3) is 11.8 Å². The summed E-state index contributed by atoms with van der Waals surface area (Å²) in [5.41, 5.74) is 2.68. The summed E-state index contributed by atoms with van der Waals surface area (Å²) in [4.78, 5) is 51.0. The molecule has 0 saturated carbocycles. The third kappa shape index (κ3) is 12.4. The molecule has 3 aromatic rings. The summed E-state index contributed by atoms with van der Waals surface area (Å²) in [7, 11) is 6.32. The largest absolute Gasteiger partial charge is 0.493 e. The summed E-state index contributed by atoms with van der Waals surface area (Å²) in [6.07, 6.45) is 4.06. The fourth-order valence-corrected chi connectivity index (χ4v) is 6.41. The Bertz CT molecular complexity index is 1930. The Balaban J connectivity index is 0.857. The third-order valence-electron chi connectivity index (χ3n) is 9.35. The number of carbonyl (C=O) groups excluding carboxylic acids is 4. The highest BCUT2D eigenvalue weighted by Crippen LogP contribution is 2.39. The number of imide groups is 2. The van der Waals surface area contributed by atoms with Gasteiger partial charge in [0.05, 0.1) is 106 Å². The molecule has 17 heteroatoms. The number of benzene rings is 3. The lowest BCUT2D eigenvalue weighted by atomic mass is 10.0. The van der Waals surface area contributed by atoms with Crippen molar-refractivity contribution in [2.24, 2.45) is 0 Å². The molecule has 5 rings (SSSR count). The Morgan fingerprint density at radius 2 is 1.20 bits per heavy atom. The van der Waals surface area contributed by atoms with Gasteiger partial charge < -0.3 is 52.7 Å². The predicted octanol–water partition coefficient (Wildman–Crippen LogP) is 3.87. The fraction of sp³-hybridized carbons (Fsp3) is 0.442. The summed E-state index contributed by atoms with van der Waals surface area (Å²) in [5.74, 6) is 0.698. The van der Waals surface area contributed by atoms with Gasteiger partial charge in [-0.15, -0.1) is 0 Å². The summed E-state index contributed by atoms with van der Waals surface area (Å²) in [6, 6.07) is 13.3. The van der Waals surface area contributed by atoms with E-state index in [1.54, 1.807) is 46.6 Å². The van der Waals surface area contributed by atoms with Crippen LogP contribution in [0.2, 0.25) is 0 Å². The van der Waals surface area contributed by atoms with Crippen LogP contribution in [0.3, 0.4) is 0 Å². The Labute approximate surface area is 349 Å². The minimum Gasteiger partial charge on any atom is -0.493 e. The van der Waals surface area contributed by atoms with Gasteiger partial charge in [-0.25, -0.2) is 0 Å². The number of nitrogens with zero attached hydrogens (tertiary/aromatic N) is 1. The average molecular weight is 836 g/mol. The van der Waals surface area contributed by atoms with E-state index in [0.717, 1.165) is 16.0 Å². The molecule has 3 aromatic carbocycles. The quantitative estimate of drug-likeness (QED) is 0.0640. The maximum Gasteiger partial charge on any atom is 0.264 e. The number of fused-ring (bicyclic) bond motifs is 1. The van der Waals surface area contributed by atoms with Gasteiger partial charge >= 0.3 is 0 Å². The van der Waals surface area contributed by atoms with E-state index in [9.17, 15) is 19.2 Å². The molecule has 324 valence electrons. The molecule has 1 unspecified atom stereocenters. The molecule has 0 radical (unpaired) electrons. The number of anilines is 1. The van der Waals surface area contributed by atoms with Crippen molar-refractivity contribution in [3.8, 4) is 28.7 Å². The Morgan fingerprint density at radius 1 is 0.633 bits per heavy atom. The van der Waals surface area contributed by atoms with Gasteiger partial charge in [0.2, 0.25) is 17.6 Å². The van der Waals surface area contributed by atoms with Crippen LogP contribution in [0.4, 0.5) is 5.69 Å². The molecular formula is C43H53N3O14. The molecule has 2 N–H and O–H groups in total. The average Bonchev–Trinajstić information content (AvgIpc) is 3.51. The summed E-state index contributed by atoms with van der Waals surface area (Å²) >= 11 is 0. The number of hydrogen-bond donors (Lipinski definition) is 2. The normalized spacial score (nSPS) is 15.0. The monoisotopic (exact) mass is 835 g/mol. The fourth-order valence-electron chi connectivity index (χ4n) is 6.41. The van der Waals surface area contributed by atoms with Crippen molar-refractivity contribution >= 4 is 41.5 Å². The molecule has 1 fully saturated rings. The van der Waals surface area contributed by atoms with Crippen molar-refractivity contribution in [2.75, 3.05) is 113 Å². The first-order chi connectivity index (χ1) is 29.3. The number of methoxy groups -OCH3 is 4.